The molecular weight excluding hydrogens is 258 g/mol. The first-order valence-electron chi connectivity index (χ1n) is 6.60. The Labute approximate surface area is 117 Å². The first-order valence-corrected chi connectivity index (χ1v) is 6.60. The van der Waals surface area contributed by atoms with Crippen LogP contribution in [0.15, 0.2) is 18.2 Å². The molecule has 1 unspecified atom stereocenters. The predicted octanol–water partition coefficient (Wildman–Crippen LogP) is 0.770. The third kappa shape index (κ3) is 2.54. The molecule has 1 saturated heterocycles. The molecule has 2 rings (SSSR count). The van der Waals surface area contributed by atoms with Crippen LogP contribution >= 0.6 is 0 Å². The molecule has 6 heteroatoms. The van der Waals surface area contributed by atoms with Gasteiger partial charge in [0.1, 0.15) is 6.04 Å². The molecule has 108 valence electrons. The number of hydrogen-bond donors (Lipinski definition) is 2. The molecule has 6 nitrogen and oxygen atoms in total. The van der Waals surface area contributed by atoms with Crippen LogP contribution in [-0.2, 0) is 9.53 Å². The van der Waals surface area contributed by atoms with Gasteiger partial charge in [-0.3, -0.25) is 4.79 Å². The number of nitrogens with two attached hydrogens (primary N) is 1. The smallest absolute Gasteiger partial charge is 0.337 e. The minimum absolute atomic E-state index is 0.00944. The zero-order valence-electron chi connectivity index (χ0n) is 11.7. The van der Waals surface area contributed by atoms with Crippen molar-refractivity contribution in [2.24, 2.45) is 0 Å². The average Bonchev–Trinajstić information content (AvgIpc) is 2.46. The monoisotopic (exact) mass is 277 g/mol. The molecule has 3 N–H and O–H groups in total. The Bertz CT molecular complexity index is 530. The summed E-state index contributed by atoms with van der Waals surface area (Å²) in [5.41, 5.74) is 7.68. The van der Waals surface area contributed by atoms with Crippen molar-refractivity contribution in [1.82, 2.24) is 5.32 Å². The lowest BCUT2D eigenvalue weighted by Gasteiger charge is -2.37. The summed E-state index contributed by atoms with van der Waals surface area (Å²) < 4.78 is 4.66. The van der Waals surface area contributed by atoms with E-state index in [-0.39, 0.29) is 11.9 Å². The summed E-state index contributed by atoms with van der Waals surface area (Å²) in [6.45, 7) is 3.25. The minimum Gasteiger partial charge on any atom is -0.465 e. The van der Waals surface area contributed by atoms with Gasteiger partial charge in [0.15, 0.2) is 0 Å². The van der Waals surface area contributed by atoms with Crippen LogP contribution in [0, 0.1) is 0 Å². The largest absolute Gasteiger partial charge is 0.465 e. The summed E-state index contributed by atoms with van der Waals surface area (Å²) in [4.78, 5) is 25.3. The lowest BCUT2D eigenvalue weighted by atomic mass is 10.1. The molecule has 1 fully saturated rings. The maximum atomic E-state index is 11.9. The van der Waals surface area contributed by atoms with E-state index < -0.39 is 5.97 Å². The standard InChI is InChI=1S/C14H19N3O3/c1-3-11-13(18)16-6-7-17(11)12-5-4-9(8-10(12)15)14(19)20-2/h4-5,8,11H,3,6-7,15H2,1-2H3,(H,16,18). The van der Waals surface area contributed by atoms with Crippen LogP contribution in [0.3, 0.4) is 0 Å². The zero-order valence-corrected chi connectivity index (χ0v) is 11.7. The number of carbonyl (C=O) groups excluding carboxylic acids is 2. The molecule has 1 aliphatic rings. The second kappa shape index (κ2) is 5.81. The normalized spacial score (nSPS) is 18.6. The molecule has 1 amide bonds. The molecule has 20 heavy (non-hydrogen) atoms. The zero-order chi connectivity index (χ0) is 14.7. The molecule has 1 aromatic rings. The van der Waals surface area contributed by atoms with Gasteiger partial charge < -0.3 is 20.7 Å². The Balaban J connectivity index is 2.32. The fourth-order valence-electron chi connectivity index (χ4n) is 2.47. The molecule has 0 saturated carbocycles. The lowest BCUT2D eigenvalue weighted by molar-refractivity contribution is -0.123. The number of nitrogen functional groups attached to an aromatic ring is 1. The highest BCUT2D eigenvalue weighted by Crippen LogP contribution is 2.28. The number of ether oxygens (including phenoxy) is 1. The van der Waals surface area contributed by atoms with Crippen LogP contribution in [0.5, 0.6) is 0 Å². The first kappa shape index (κ1) is 14.2. The molecule has 1 heterocycles. The molecule has 1 atom stereocenters. The van der Waals surface area contributed by atoms with Crippen molar-refractivity contribution in [2.75, 3.05) is 30.8 Å². The maximum Gasteiger partial charge on any atom is 0.337 e. The quantitative estimate of drug-likeness (QED) is 0.629. The summed E-state index contributed by atoms with van der Waals surface area (Å²) in [5.74, 6) is -0.415. The number of hydrogen-bond acceptors (Lipinski definition) is 5. The van der Waals surface area contributed by atoms with Crippen LogP contribution in [0.25, 0.3) is 0 Å². The van der Waals surface area contributed by atoms with Gasteiger partial charge in [-0.25, -0.2) is 4.79 Å². The Morgan fingerprint density at radius 3 is 2.90 bits per heavy atom. The third-order valence-corrected chi connectivity index (χ3v) is 3.48. The van der Waals surface area contributed by atoms with E-state index in [4.69, 9.17) is 5.73 Å². The molecular formula is C14H19N3O3. The van der Waals surface area contributed by atoms with E-state index in [1.54, 1.807) is 18.2 Å². The summed E-state index contributed by atoms with van der Waals surface area (Å²) >= 11 is 0. The van der Waals surface area contributed by atoms with Gasteiger partial charge in [-0.2, -0.15) is 0 Å². The minimum atomic E-state index is -0.424. The van der Waals surface area contributed by atoms with Crippen molar-refractivity contribution >= 4 is 23.3 Å². The van der Waals surface area contributed by atoms with Crippen molar-refractivity contribution in [2.45, 2.75) is 19.4 Å². The van der Waals surface area contributed by atoms with Crippen molar-refractivity contribution in [3.63, 3.8) is 0 Å². The molecule has 1 aromatic carbocycles. The number of piperazine rings is 1. The molecule has 0 aliphatic carbocycles. The lowest BCUT2D eigenvalue weighted by Crippen LogP contribution is -2.55. The van der Waals surface area contributed by atoms with Crippen LogP contribution in [0.2, 0.25) is 0 Å². The summed E-state index contributed by atoms with van der Waals surface area (Å²) in [6.07, 6.45) is 0.698. The van der Waals surface area contributed by atoms with Gasteiger partial charge in [-0.05, 0) is 24.6 Å². The van der Waals surface area contributed by atoms with E-state index in [9.17, 15) is 9.59 Å². The molecule has 0 radical (unpaired) electrons. The highest BCUT2D eigenvalue weighted by molar-refractivity contribution is 5.93. The SMILES string of the molecule is CCC1C(=O)NCCN1c1ccc(C(=O)OC)cc1N. The van der Waals surface area contributed by atoms with Crippen molar-refractivity contribution in [3.05, 3.63) is 23.8 Å². The number of esters is 1. The first-order chi connectivity index (χ1) is 9.58. The van der Waals surface area contributed by atoms with E-state index in [2.05, 4.69) is 10.1 Å². The van der Waals surface area contributed by atoms with Crippen molar-refractivity contribution in [3.8, 4) is 0 Å². The maximum absolute atomic E-state index is 11.9. The van der Waals surface area contributed by atoms with Gasteiger partial charge in [0, 0.05) is 13.1 Å². The molecule has 0 bridgehead atoms. The fraction of sp³-hybridized carbons (Fsp3) is 0.429. The Morgan fingerprint density at radius 1 is 1.55 bits per heavy atom. The number of anilines is 2. The third-order valence-electron chi connectivity index (χ3n) is 3.48. The van der Waals surface area contributed by atoms with Crippen LogP contribution in [0.4, 0.5) is 11.4 Å². The molecule has 0 aromatic heterocycles. The van der Waals surface area contributed by atoms with Gasteiger partial charge >= 0.3 is 5.97 Å². The fourth-order valence-corrected chi connectivity index (χ4v) is 2.47. The van der Waals surface area contributed by atoms with Crippen molar-refractivity contribution in [1.29, 1.82) is 0 Å². The topological polar surface area (TPSA) is 84.7 Å². The summed E-state index contributed by atoms with van der Waals surface area (Å²) in [6, 6.07) is 4.79. The second-order valence-corrected chi connectivity index (χ2v) is 4.67. The number of nitrogens with one attached hydrogen (secondary N) is 1. The highest BCUT2D eigenvalue weighted by atomic mass is 16.5. The highest BCUT2D eigenvalue weighted by Gasteiger charge is 2.29. The summed E-state index contributed by atoms with van der Waals surface area (Å²) in [7, 11) is 1.33. The Kier molecular flexibility index (Phi) is 4.12. The van der Waals surface area contributed by atoms with E-state index in [1.807, 2.05) is 11.8 Å². The van der Waals surface area contributed by atoms with Gasteiger partial charge in [-0.15, -0.1) is 0 Å². The Morgan fingerprint density at radius 2 is 2.30 bits per heavy atom. The van der Waals surface area contributed by atoms with Gasteiger partial charge in [-0.1, -0.05) is 6.92 Å². The van der Waals surface area contributed by atoms with Gasteiger partial charge in [0.05, 0.1) is 24.0 Å². The van der Waals surface area contributed by atoms with E-state index in [0.29, 0.717) is 30.8 Å². The number of amides is 1. The van der Waals surface area contributed by atoms with E-state index in [0.717, 1.165) is 5.69 Å². The van der Waals surface area contributed by atoms with Crippen LogP contribution < -0.4 is 16.0 Å². The Hall–Kier alpha value is -2.24. The number of rotatable bonds is 3. The molecule has 0 spiro atoms. The van der Waals surface area contributed by atoms with E-state index >= 15 is 0 Å². The number of nitrogens with zero attached hydrogens (tertiary/aromatic N) is 1. The molecule has 1 aliphatic heterocycles. The second-order valence-electron chi connectivity index (χ2n) is 4.67. The predicted molar refractivity (Wildman–Crippen MR) is 76.6 cm³/mol. The van der Waals surface area contributed by atoms with Crippen LogP contribution in [-0.4, -0.2) is 38.1 Å². The van der Waals surface area contributed by atoms with Gasteiger partial charge in [0.25, 0.3) is 0 Å². The number of carbonyl (C=O) groups is 2. The number of benzene rings is 1. The average molecular weight is 277 g/mol. The van der Waals surface area contributed by atoms with Gasteiger partial charge in [0.2, 0.25) is 5.91 Å². The van der Waals surface area contributed by atoms with Crippen LogP contribution in [0.1, 0.15) is 23.7 Å². The number of methoxy groups -OCH3 is 1. The van der Waals surface area contributed by atoms with E-state index in [1.165, 1.54) is 7.11 Å². The van der Waals surface area contributed by atoms with Crippen molar-refractivity contribution < 1.29 is 14.3 Å². The summed E-state index contributed by atoms with van der Waals surface area (Å²) in [5, 5.41) is 2.85.